The number of rotatable bonds is 4. The van der Waals surface area contributed by atoms with E-state index in [4.69, 9.17) is 9.15 Å². The number of aryl methyl sites for hydroxylation is 1. The molecule has 0 radical (unpaired) electrons. The predicted octanol–water partition coefficient (Wildman–Crippen LogP) is 4.53. The summed E-state index contributed by atoms with van der Waals surface area (Å²) < 4.78 is 11.6. The molecule has 1 amide bonds. The van der Waals surface area contributed by atoms with E-state index in [9.17, 15) is 14.7 Å². The zero-order chi connectivity index (χ0) is 22.4. The van der Waals surface area contributed by atoms with E-state index in [0.29, 0.717) is 17.1 Å². The SMILES string of the molecule is Cc1ccc([C@H]2C(=C(O)c3ccc4c(c3)C[C@H](C)O4)C(=O)C(=O)N2Cc2ccccc2)o1. The smallest absolute Gasteiger partial charge is 0.296 e. The number of hydrogen-bond acceptors (Lipinski definition) is 5. The molecule has 2 aromatic carbocycles. The van der Waals surface area contributed by atoms with Gasteiger partial charge in [-0.25, -0.2) is 0 Å². The Balaban J connectivity index is 1.62. The van der Waals surface area contributed by atoms with Crippen LogP contribution in [0, 0.1) is 6.92 Å². The molecule has 1 N–H and O–H groups in total. The number of amides is 1. The second-order valence-electron chi connectivity index (χ2n) is 8.32. The van der Waals surface area contributed by atoms with Gasteiger partial charge in [-0.15, -0.1) is 0 Å². The van der Waals surface area contributed by atoms with Crippen LogP contribution in [0.25, 0.3) is 5.76 Å². The van der Waals surface area contributed by atoms with Crippen molar-refractivity contribution in [3.8, 4) is 5.75 Å². The molecule has 6 heteroatoms. The number of likely N-dealkylation sites (tertiary alicyclic amines) is 1. The first-order chi connectivity index (χ1) is 15.4. The lowest BCUT2D eigenvalue weighted by Crippen LogP contribution is -2.29. The van der Waals surface area contributed by atoms with Crippen molar-refractivity contribution in [2.75, 3.05) is 0 Å². The highest BCUT2D eigenvalue weighted by atomic mass is 16.5. The Morgan fingerprint density at radius 1 is 1.09 bits per heavy atom. The number of carbonyl (C=O) groups is 2. The summed E-state index contributed by atoms with van der Waals surface area (Å²) in [5.41, 5.74) is 2.36. The van der Waals surface area contributed by atoms with Crippen LogP contribution < -0.4 is 4.74 Å². The predicted molar refractivity (Wildman–Crippen MR) is 118 cm³/mol. The number of furan rings is 1. The van der Waals surface area contributed by atoms with Gasteiger partial charge in [0.25, 0.3) is 11.7 Å². The van der Waals surface area contributed by atoms with Crippen LogP contribution in [-0.2, 0) is 22.6 Å². The number of Topliss-reactive ketones (excluding diaryl/α,β-unsaturated/α-hetero) is 1. The first-order valence-electron chi connectivity index (χ1n) is 10.6. The normalized spacial score (nSPS) is 21.6. The monoisotopic (exact) mass is 429 g/mol. The van der Waals surface area contributed by atoms with E-state index < -0.39 is 17.7 Å². The molecule has 0 spiro atoms. The van der Waals surface area contributed by atoms with Crippen LogP contribution in [0.5, 0.6) is 5.75 Å². The molecule has 0 unspecified atom stereocenters. The number of benzene rings is 2. The fraction of sp³-hybridized carbons (Fsp3) is 0.231. The Morgan fingerprint density at radius 2 is 1.88 bits per heavy atom. The molecule has 2 atom stereocenters. The van der Waals surface area contributed by atoms with Crippen LogP contribution in [-0.4, -0.2) is 27.8 Å². The lowest BCUT2D eigenvalue weighted by molar-refractivity contribution is -0.140. The minimum atomic E-state index is -0.813. The van der Waals surface area contributed by atoms with Crippen LogP contribution in [0.4, 0.5) is 0 Å². The molecule has 1 saturated heterocycles. The standard InChI is InChI=1S/C26H23NO5/c1-15-8-10-21(31-15)23-22(24(28)18-9-11-20-19(13-18)12-16(2)32-20)25(29)26(30)27(23)14-17-6-4-3-5-7-17/h3-11,13,16,23,28H,12,14H2,1-2H3/t16-,23-/m0/s1. The summed E-state index contributed by atoms with van der Waals surface area (Å²) in [7, 11) is 0. The molecule has 2 aliphatic rings. The maximum Gasteiger partial charge on any atom is 0.296 e. The van der Waals surface area contributed by atoms with Gasteiger partial charge in [-0.1, -0.05) is 30.3 Å². The maximum absolute atomic E-state index is 13.1. The topological polar surface area (TPSA) is 80.0 Å². The molecular weight excluding hydrogens is 406 g/mol. The quantitative estimate of drug-likeness (QED) is 0.374. The van der Waals surface area contributed by atoms with Crippen molar-refractivity contribution in [1.82, 2.24) is 4.90 Å². The van der Waals surface area contributed by atoms with Gasteiger partial charge in [-0.05, 0) is 55.3 Å². The molecule has 1 aromatic heterocycles. The Labute approximate surface area is 185 Å². The van der Waals surface area contributed by atoms with E-state index in [1.165, 1.54) is 4.90 Å². The van der Waals surface area contributed by atoms with Crippen LogP contribution in [0.15, 0.2) is 70.7 Å². The first-order valence-corrected chi connectivity index (χ1v) is 10.6. The zero-order valence-corrected chi connectivity index (χ0v) is 17.9. The van der Waals surface area contributed by atoms with Crippen molar-refractivity contribution in [3.05, 3.63) is 94.4 Å². The van der Waals surface area contributed by atoms with Gasteiger partial charge < -0.3 is 19.2 Å². The number of nitrogens with zero attached hydrogens (tertiary/aromatic N) is 1. The summed E-state index contributed by atoms with van der Waals surface area (Å²) in [5.74, 6) is 0.290. The number of fused-ring (bicyclic) bond motifs is 1. The van der Waals surface area contributed by atoms with Crippen LogP contribution in [0.1, 0.15) is 41.2 Å². The highest BCUT2D eigenvalue weighted by Gasteiger charge is 2.47. The lowest BCUT2D eigenvalue weighted by Gasteiger charge is -2.23. The highest BCUT2D eigenvalue weighted by Crippen LogP contribution is 2.41. The number of hydrogen-bond donors (Lipinski definition) is 1. The van der Waals surface area contributed by atoms with Crippen LogP contribution in [0.2, 0.25) is 0 Å². The number of aliphatic hydroxyl groups excluding tert-OH is 1. The Hall–Kier alpha value is -3.80. The van der Waals surface area contributed by atoms with Crippen molar-refractivity contribution < 1.29 is 23.8 Å². The summed E-state index contributed by atoms with van der Waals surface area (Å²) in [6, 6.07) is 17.5. The first kappa shape index (κ1) is 20.1. The Bertz CT molecular complexity index is 1240. The highest BCUT2D eigenvalue weighted by molar-refractivity contribution is 6.46. The van der Waals surface area contributed by atoms with E-state index in [1.54, 1.807) is 31.2 Å². The van der Waals surface area contributed by atoms with Crippen LogP contribution >= 0.6 is 0 Å². The number of aliphatic hydroxyl groups is 1. The fourth-order valence-corrected chi connectivity index (χ4v) is 4.44. The van der Waals surface area contributed by atoms with Crippen molar-refractivity contribution in [1.29, 1.82) is 0 Å². The summed E-state index contributed by atoms with van der Waals surface area (Å²) in [6.45, 7) is 4.00. The molecule has 2 aliphatic heterocycles. The Morgan fingerprint density at radius 3 is 2.59 bits per heavy atom. The molecular formula is C26H23NO5. The van der Waals surface area contributed by atoms with E-state index in [1.807, 2.05) is 43.3 Å². The second kappa shape index (κ2) is 7.71. The van der Waals surface area contributed by atoms with Gasteiger partial charge in [0.15, 0.2) is 0 Å². The second-order valence-corrected chi connectivity index (χ2v) is 8.32. The largest absolute Gasteiger partial charge is 0.507 e. The summed E-state index contributed by atoms with van der Waals surface area (Å²) >= 11 is 0. The maximum atomic E-state index is 13.1. The molecule has 0 bridgehead atoms. The van der Waals surface area contributed by atoms with Crippen molar-refractivity contribution in [2.24, 2.45) is 0 Å². The average Bonchev–Trinajstić information content (AvgIpc) is 3.44. The van der Waals surface area contributed by atoms with E-state index in [-0.39, 0.29) is 24.0 Å². The van der Waals surface area contributed by atoms with Gasteiger partial charge >= 0.3 is 0 Å². The Kier molecular flexibility index (Phi) is 4.85. The van der Waals surface area contributed by atoms with E-state index in [0.717, 1.165) is 23.3 Å². The lowest BCUT2D eigenvalue weighted by atomic mass is 9.97. The molecule has 6 nitrogen and oxygen atoms in total. The molecule has 0 aliphatic carbocycles. The van der Waals surface area contributed by atoms with Gasteiger partial charge in [0.05, 0.1) is 5.57 Å². The van der Waals surface area contributed by atoms with Gasteiger partial charge in [-0.3, -0.25) is 9.59 Å². The number of ketones is 1. The molecule has 3 heterocycles. The summed E-state index contributed by atoms with van der Waals surface area (Å²) in [5, 5.41) is 11.2. The van der Waals surface area contributed by atoms with Gasteiger partial charge in [0.1, 0.15) is 35.2 Å². The number of ether oxygens (including phenoxy) is 1. The van der Waals surface area contributed by atoms with Crippen LogP contribution in [0.3, 0.4) is 0 Å². The molecule has 32 heavy (non-hydrogen) atoms. The fourth-order valence-electron chi connectivity index (χ4n) is 4.44. The third-order valence-corrected chi connectivity index (χ3v) is 5.94. The number of carbonyl (C=O) groups excluding carboxylic acids is 2. The van der Waals surface area contributed by atoms with Crippen molar-refractivity contribution in [2.45, 2.75) is 39.0 Å². The minimum absolute atomic E-state index is 0.0344. The summed E-state index contributed by atoms with van der Waals surface area (Å²) in [4.78, 5) is 27.6. The summed E-state index contributed by atoms with van der Waals surface area (Å²) in [6.07, 6.45) is 0.782. The zero-order valence-electron chi connectivity index (χ0n) is 17.9. The third kappa shape index (κ3) is 3.38. The van der Waals surface area contributed by atoms with E-state index in [2.05, 4.69) is 0 Å². The van der Waals surface area contributed by atoms with Gasteiger partial charge in [0, 0.05) is 18.5 Å². The third-order valence-electron chi connectivity index (χ3n) is 5.94. The van der Waals surface area contributed by atoms with Gasteiger partial charge in [-0.2, -0.15) is 0 Å². The molecule has 162 valence electrons. The van der Waals surface area contributed by atoms with E-state index >= 15 is 0 Å². The van der Waals surface area contributed by atoms with Crippen molar-refractivity contribution >= 4 is 17.4 Å². The van der Waals surface area contributed by atoms with Crippen molar-refractivity contribution in [3.63, 3.8) is 0 Å². The molecule has 0 saturated carbocycles. The molecule has 5 rings (SSSR count). The average molecular weight is 429 g/mol. The molecule has 3 aromatic rings. The molecule has 1 fully saturated rings. The minimum Gasteiger partial charge on any atom is -0.507 e. The van der Waals surface area contributed by atoms with Gasteiger partial charge in [0.2, 0.25) is 0 Å².